The zero-order valence-electron chi connectivity index (χ0n) is 12.5. The molecular weight excluding hydrogens is 276 g/mol. The summed E-state index contributed by atoms with van der Waals surface area (Å²) in [6.07, 6.45) is 1.24. The van der Waals surface area contributed by atoms with Gasteiger partial charge in [-0.1, -0.05) is 0 Å². The third kappa shape index (κ3) is 5.29. The van der Waals surface area contributed by atoms with Gasteiger partial charge in [-0.05, 0) is 32.9 Å². The van der Waals surface area contributed by atoms with Crippen LogP contribution in [0.4, 0.5) is 0 Å². The Kier molecular flexibility index (Phi) is 5.12. The second kappa shape index (κ2) is 6.43. The Hall–Kier alpha value is -2.31. The monoisotopic (exact) mass is 296 g/mol. The predicted molar refractivity (Wildman–Crippen MR) is 74.8 cm³/mol. The minimum atomic E-state index is -1.33. The van der Waals surface area contributed by atoms with E-state index in [4.69, 9.17) is 9.84 Å². The molecule has 7 heteroatoms. The molecule has 7 nitrogen and oxygen atoms in total. The minimum absolute atomic E-state index is 0.311. The highest BCUT2D eigenvalue weighted by atomic mass is 16.6. The lowest BCUT2D eigenvalue weighted by Gasteiger charge is -2.21. The summed E-state index contributed by atoms with van der Waals surface area (Å²) in [5.74, 6) is -2.52. The fraction of sp³-hybridized carbons (Fsp3) is 0.500. The largest absolute Gasteiger partial charge is 0.480 e. The molecule has 0 saturated carbocycles. The van der Waals surface area contributed by atoms with Crippen molar-refractivity contribution in [2.24, 2.45) is 7.05 Å². The highest BCUT2D eigenvalue weighted by Gasteiger charge is 2.27. The molecule has 0 aliphatic heterocycles. The molecule has 21 heavy (non-hydrogen) atoms. The Labute approximate surface area is 122 Å². The Morgan fingerprint density at radius 1 is 1.38 bits per heavy atom. The number of carbonyl (C=O) groups excluding carboxylic acids is 2. The van der Waals surface area contributed by atoms with Crippen LogP contribution in [-0.2, 0) is 21.4 Å². The second-order valence-electron chi connectivity index (χ2n) is 5.66. The van der Waals surface area contributed by atoms with Crippen LogP contribution in [0.5, 0.6) is 0 Å². The number of aromatic nitrogens is 1. The summed E-state index contributed by atoms with van der Waals surface area (Å²) in [4.78, 5) is 34.8. The Bertz CT molecular complexity index is 542. The number of hydrogen-bond donors (Lipinski definition) is 2. The average Bonchev–Trinajstić information content (AvgIpc) is 2.71. The average molecular weight is 296 g/mol. The van der Waals surface area contributed by atoms with Gasteiger partial charge in [0.2, 0.25) is 0 Å². The van der Waals surface area contributed by atoms with Crippen molar-refractivity contribution in [1.29, 1.82) is 0 Å². The first-order valence-corrected chi connectivity index (χ1v) is 6.47. The first-order valence-electron chi connectivity index (χ1n) is 6.47. The van der Waals surface area contributed by atoms with E-state index in [-0.39, 0.29) is 0 Å². The quantitative estimate of drug-likeness (QED) is 0.788. The van der Waals surface area contributed by atoms with E-state index in [1.54, 1.807) is 50.7 Å². The first kappa shape index (κ1) is 16.7. The van der Waals surface area contributed by atoms with Crippen molar-refractivity contribution >= 4 is 17.8 Å². The number of rotatable bonds is 5. The van der Waals surface area contributed by atoms with Gasteiger partial charge in [-0.3, -0.25) is 9.59 Å². The topological polar surface area (TPSA) is 97.6 Å². The van der Waals surface area contributed by atoms with Crippen LogP contribution in [0.15, 0.2) is 18.3 Å². The molecule has 1 aromatic heterocycles. The molecule has 1 heterocycles. The molecule has 0 saturated heterocycles. The molecule has 0 fully saturated rings. The highest BCUT2D eigenvalue weighted by molar-refractivity contribution is 5.96. The lowest BCUT2D eigenvalue weighted by molar-refractivity contribution is -0.158. The summed E-state index contributed by atoms with van der Waals surface area (Å²) >= 11 is 0. The number of carboxylic acid groups (broad SMARTS) is 1. The molecule has 1 rings (SSSR count). The Balaban J connectivity index is 2.71. The van der Waals surface area contributed by atoms with Gasteiger partial charge >= 0.3 is 11.9 Å². The third-order valence-corrected chi connectivity index (χ3v) is 2.57. The third-order valence-electron chi connectivity index (χ3n) is 2.57. The molecule has 1 amide bonds. The van der Waals surface area contributed by atoms with Crippen molar-refractivity contribution in [3.05, 3.63) is 24.0 Å². The number of aryl methyl sites for hydroxylation is 1. The SMILES string of the molecule is Cn1cccc1C(=O)N[C@@H](CC(=O)OC(C)(C)C)C(=O)O. The first-order chi connectivity index (χ1) is 9.60. The summed E-state index contributed by atoms with van der Waals surface area (Å²) < 4.78 is 6.61. The van der Waals surface area contributed by atoms with E-state index < -0.39 is 35.9 Å². The molecule has 0 spiro atoms. The maximum absolute atomic E-state index is 12.0. The Morgan fingerprint density at radius 2 is 2.00 bits per heavy atom. The van der Waals surface area contributed by atoms with Crippen molar-refractivity contribution in [2.75, 3.05) is 0 Å². The van der Waals surface area contributed by atoms with Gasteiger partial charge in [0.15, 0.2) is 0 Å². The molecule has 0 radical (unpaired) electrons. The number of nitrogens with zero attached hydrogens (tertiary/aromatic N) is 1. The van der Waals surface area contributed by atoms with Crippen molar-refractivity contribution in [1.82, 2.24) is 9.88 Å². The summed E-state index contributed by atoms with van der Waals surface area (Å²) in [7, 11) is 1.67. The second-order valence-corrected chi connectivity index (χ2v) is 5.66. The zero-order chi connectivity index (χ0) is 16.2. The molecule has 0 bridgehead atoms. The number of nitrogens with one attached hydrogen (secondary N) is 1. The standard InChI is InChI=1S/C14H20N2O5/c1-14(2,3)21-11(17)8-9(13(19)20)15-12(18)10-6-5-7-16(10)4/h5-7,9H,8H2,1-4H3,(H,15,18)(H,19,20)/t9-/m0/s1. The fourth-order valence-electron chi connectivity index (χ4n) is 1.68. The molecule has 1 aromatic rings. The van der Waals surface area contributed by atoms with Crippen LogP contribution in [0.3, 0.4) is 0 Å². The molecule has 0 unspecified atom stereocenters. The van der Waals surface area contributed by atoms with E-state index in [1.165, 1.54) is 0 Å². The molecule has 116 valence electrons. The number of aliphatic carboxylic acids is 1. The van der Waals surface area contributed by atoms with E-state index in [0.717, 1.165) is 0 Å². The Morgan fingerprint density at radius 3 is 2.43 bits per heavy atom. The van der Waals surface area contributed by atoms with Gasteiger partial charge in [0.05, 0.1) is 6.42 Å². The van der Waals surface area contributed by atoms with Gasteiger partial charge in [0, 0.05) is 13.2 Å². The predicted octanol–water partition coefficient (Wildman–Crippen LogP) is 0.940. The van der Waals surface area contributed by atoms with E-state index in [2.05, 4.69) is 5.32 Å². The normalized spacial score (nSPS) is 12.6. The molecule has 1 atom stereocenters. The number of carboxylic acids is 1. The van der Waals surface area contributed by atoms with Crippen LogP contribution in [0.25, 0.3) is 0 Å². The van der Waals surface area contributed by atoms with E-state index in [0.29, 0.717) is 5.69 Å². The lowest BCUT2D eigenvalue weighted by atomic mass is 10.1. The summed E-state index contributed by atoms with van der Waals surface area (Å²) in [6.45, 7) is 5.05. The number of esters is 1. The van der Waals surface area contributed by atoms with E-state index >= 15 is 0 Å². The van der Waals surface area contributed by atoms with Crippen molar-refractivity contribution in [2.45, 2.75) is 38.8 Å². The molecule has 2 N–H and O–H groups in total. The van der Waals surface area contributed by atoms with Crippen LogP contribution in [0.1, 0.15) is 37.7 Å². The van der Waals surface area contributed by atoms with Crippen molar-refractivity contribution in [3.63, 3.8) is 0 Å². The maximum atomic E-state index is 12.0. The summed E-state index contributed by atoms with van der Waals surface area (Å²) in [5, 5.41) is 11.4. The van der Waals surface area contributed by atoms with Crippen LogP contribution >= 0.6 is 0 Å². The maximum Gasteiger partial charge on any atom is 0.326 e. The van der Waals surface area contributed by atoms with Gasteiger partial charge in [-0.25, -0.2) is 4.79 Å². The van der Waals surface area contributed by atoms with Gasteiger partial charge < -0.3 is 19.7 Å². The van der Waals surface area contributed by atoms with Gasteiger partial charge in [0.1, 0.15) is 17.3 Å². The number of ether oxygens (including phenoxy) is 1. The lowest BCUT2D eigenvalue weighted by Crippen LogP contribution is -2.43. The van der Waals surface area contributed by atoms with Crippen LogP contribution in [0.2, 0.25) is 0 Å². The highest BCUT2D eigenvalue weighted by Crippen LogP contribution is 2.10. The van der Waals surface area contributed by atoms with Crippen LogP contribution < -0.4 is 5.32 Å². The summed E-state index contributed by atoms with van der Waals surface area (Å²) in [5.41, 5.74) is -0.395. The number of carbonyl (C=O) groups is 3. The van der Waals surface area contributed by atoms with Crippen LogP contribution in [0, 0.1) is 0 Å². The zero-order valence-corrected chi connectivity index (χ0v) is 12.5. The van der Waals surface area contributed by atoms with E-state index in [1.807, 2.05) is 0 Å². The van der Waals surface area contributed by atoms with Gasteiger partial charge in [-0.15, -0.1) is 0 Å². The number of amides is 1. The molecular formula is C14H20N2O5. The van der Waals surface area contributed by atoms with Crippen molar-refractivity contribution in [3.8, 4) is 0 Å². The van der Waals surface area contributed by atoms with Crippen molar-refractivity contribution < 1.29 is 24.2 Å². The number of hydrogen-bond acceptors (Lipinski definition) is 4. The van der Waals surface area contributed by atoms with Gasteiger partial charge in [-0.2, -0.15) is 0 Å². The molecule has 0 aliphatic rings. The van der Waals surface area contributed by atoms with E-state index in [9.17, 15) is 14.4 Å². The smallest absolute Gasteiger partial charge is 0.326 e. The molecule has 0 aromatic carbocycles. The fourth-order valence-corrected chi connectivity index (χ4v) is 1.68. The van der Waals surface area contributed by atoms with Crippen LogP contribution in [-0.4, -0.2) is 39.2 Å². The summed E-state index contributed by atoms with van der Waals surface area (Å²) in [6, 6.07) is 1.89. The van der Waals surface area contributed by atoms with Gasteiger partial charge in [0.25, 0.3) is 5.91 Å². The molecule has 0 aliphatic carbocycles. The minimum Gasteiger partial charge on any atom is -0.480 e.